The maximum absolute atomic E-state index is 11.1. The average molecular weight is 289 g/mol. The van der Waals surface area contributed by atoms with Crippen molar-refractivity contribution in [2.75, 3.05) is 0 Å². The van der Waals surface area contributed by atoms with Crippen LogP contribution in [0.2, 0.25) is 0 Å². The lowest BCUT2D eigenvalue weighted by molar-refractivity contribution is -0.306. The molecule has 0 heterocycles. The van der Waals surface area contributed by atoms with Gasteiger partial charge < -0.3 is 9.90 Å². The molecule has 0 saturated heterocycles. The van der Waals surface area contributed by atoms with Crippen LogP contribution in [0, 0.1) is 22.7 Å². The predicted octanol–water partition coefficient (Wildman–Crippen LogP) is 2.09. The van der Waals surface area contributed by atoms with Gasteiger partial charge in [0.15, 0.2) is 0 Å². The molecular formula is C18H13N2O2-. The second-order valence-corrected chi connectivity index (χ2v) is 4.94. The number of aliphatic carboxylic acids is 1. The fourth-order valence-corrected chi connectivity index (χ4v) is 2.50. The second kappa shape index (κ2) is 7.06. The summed E-state index contributed by atoms with van der Waals surface area (Å²) in [6.07, 6.45) is -0.276. The minimum Gasteiger partial charge on any atom is -0.550 e. The summed E-state index contributed by atoms with van der Waals surface area (Å²) in [6.45, 7) is 0. The molecule has 0 aromatic heterocycles. The summed E-state index contributed by atoms with van der Waals surface area (Å²) >= 11 is 0. The lowest BCUT2D eigenvalue weighted by Gasteiger charge is -2.23. The van der Waals surface area contributed by atoms with Crippen molar-refractivity contribution < 1.29 is 9.90 Å². The van der Waals surface area contributed by atoms with Crippen molar-refractivity contribution in [2.45, 2.75) is 18.3 Å². The normalized spacial score (nSPS) is 12.6. The fraction of sp³-hybridized carbons (Fsp3) is 0.167. The first kappa shape index (κ1) is 15.3. The van der Waals surface area contributed by atoms with E-state index in [-0.39, 0.29) is 6.42 Å². The molecule has 4 nitrogen and oxygen atoms in total. The van der Waals surface area contributed by atoms with E-state index in [4.69, 9.17) is 5.26 Å². The molecule has 0 spiro atoms. The van der Waals surface area contributed by atoms with Gasteiger partial charge in [0.2, 0.25) is 0 Å². The van der Waals surface area contributed by atoms with Gasteiger partial charge >= 0.3 is 0 Å². The van der Waals surface area contributed by atoms with E-state index in [1.54, 1.807) is 48.5 Å². The van der Waals surface area contributed by atoms with Gasteiger partial charge in [-0.3, -0.25) is 0 Å². The Bertz CT molecular complexity index is 742. The van der Waals surface area contributed by atoms with Gasteiger partial charge in [-0.05, 0) is 29.7 Å². The first-order valence-electron chi connectivity index (χ1n) is 6.80. The fourth-order valence-electron chi connectivity index (χ4n) is 2.50. The summed E-state index contributed by atoms with van der Waals surface area (Å²) in [6, 6.07) is 19.9. The lowest BCUT2D eigenvalue weighted by atomic mass is 9.80. The highest BCUT2D eigenvalue weighted by Gasteiger charge is 2.25. The number of carboxylic acid groups (broad SMARTS) is 1. The molecule has 0 fully saturated rings. The molecule has 2 unspecified atom stereocenters. The Morgan fingerprint density at radius 1 is 1.05 bits per heavy atom. The third-order valence-corrected chi connectivity index (χ3v) is 3.53. The van der Waals surface area contributed by atoms with E-state index in [1.807, 2.05) is 12.1 Å². The second-order valence-electron chi connectivity index (χ2n) is 4.94. The Labute approximate surface area is 128 Å². The Morgan fingerprint density at radius 3 is 2.32 bits per heavy atom. The van der Waals surface area contributed by atoms with Crippen molar-refractivity contribution >= 4 is 5.97 Å². The van der Waals surface area contributed by atoms with Crippen molar-refractivity contribution in [2.24, 2.45) is 0 Å². The highest BCUT2D eigenvalue weighted by molar-refractivity contribution is 5.66. The molecule has 0 saturated carbocycles. The summed E-state index contributed by atoms with van der Waals surface area (Å²) in [7, 11) is 0. The van der Waals surface area contributed by atoms with Crippen molar-refractivity contribution in [3.63, 3.8) is 0 Å². The molecule has 22 heavy (non-hydrogen) atoms. The molecule has 0 aliphatic carbocycles. The molecule has 2 atom stereocenters. The molecular weight excluding hydrogens is 276 g/mol. The molecule has 0 bridgehead atoms. The van der Waals surface area contributed by atoms with Crippen molar-refractivity contribution in [1.29, 1.82) is 10.5 Å². The SMILES string of the molecule is N#Cc1cccc(C(CC(=O)[O-])C(C#N)c2ccccc2)c1. The molecule has 0 amide bonds. The van der Waals surface area contributed by atoms with E-state index in [1.165, 1.54) is 0 Å². The van der Waals surface area contributed by atoms with E-state index in [0.717, 1.165) is 5.56 Å². The zero-order valence-electron chi connectivity index (χ0n) is 11.8. The van der Waals surface area contributed by atoms with Gasteiger partial charge in [0, 0.05) is 11.9 Å². The number of nitriles is 2. The Balaban J connectivity index is 2.47. The van der Waals surface area contributed by atoms with Crippen LogP contribution in [-0.2, 0) is 4.79 Å². The van der Waals surface area contributed by atoms with Crippen LogP contribution >= 0.6 is 0 Å². The van der Waals surface area contributed by atoms with Crippen LogP contribution in [0.25, 0.3) is 0 Å². The monoisotopic (exact) mass is 289 g/mol. The van der Waals surface area contributed by atoms with Crippen LogP contribution in [0.15, 0.2) is 54.6 Å². The average Bonchev–Trinajstić information content (AvgIpc) is 2.55. The standard InChI is InChI=1S/C18H14N2O2/c19-11-13-5-4-8-15(9-13)16(10-18(21)22)17(12-20)14-6-2-1-3-7-14/h1-9,16-17H,10H2,(H,21,22)/p-1. The largest absolute Gasteiger partial charge is 0.550 e. The summed E-state index contributed by atoms with van der Waals surface area (Å²) < 4.78 is 0. The quantitative estimate of drug-likeness (QED) is 0.843. The van der Waals surface area contributed by atoms with Crippen LogP contribution < -0.4 is 5.11 Å². The van der Waals surface area contributed by atoms with Gasteiger partial charge in [0.05, 0.1) is 23.6 Å². The molecule has 2 aromatic rings. The molecule has 108 valence electrons. The van der Waals surface area contributed by atoms with E-state index in [9.17, 15) is 15.2 Å². The van der Waals surface area contributed by atoms with Gasteiger partial charge in [-0.2, -0.15) is 10.5 Å². The third kappa shape index (κ3) is 3.50. The summed E-state index contributed by atoms with van der Waals surface area (Å²) in [5.74, 6) is -2.40. The number of benzene rings is 2. The lowest BCUT2D eigenvalue weighted by Crippen LogP contribution is -2.26. The van der Waals surface area contributed by atoms with Crippen LogP contribution in [0.3, 0.4) is 0 Å². The number of hydrogen-bond donors (Lipinski definition) is 0. The summed E-state index contributed by atoms with van der Waals surface area (Å²) in [4.78, 5) is 11.1. The number of carbonyl (C=O) groups excluding carboxylic acids is 1. The molecule has 0 aliphatic heterocycles. The van der Waals surface area contributed by atoms with Crippen molar-refractivity contribution in [3.8, 4) is 12.1 Å². The molecule has 4 heteroatoms. The van der Waals surface area contributed by atoms with Crippen molar-refractivity contribution in [1.82, 2.24) is 0 Å². The Hall–Kier alpha value is -3.11. The van der Waals surface area contributed by atoms with Crippen molar-refractivity contribution in [3.05, 3.63) is 71.3 Å². The predicted molar refractivity (Wildman–Crippen MR) is 78.3 cm³/mol. The van der Waals surface area contributed by atoms with Gasteiger partial charge in [0.1, 0.15) is 0 Å². The first-order chi connectivity index (χ1) is 10.7. The molecule has 0 N–H and O–H groups in total. The zero-order valence-corrected chi connectivity index (χ0v) is 11.8. The summed E-state index contributed by atoms with van der Waals surface area (Å²) in [5.41, 5.74) is 1.84. The smallest absolute Gasteiger partial charge is 0.0991 e. The summed E-state index contributed by atoms with van der Waals surface area (Å²) in [5, 5.41) is 29.6. The van der Waals surface area contributed by atoms with E-state index >= 15 is 0 Å². The topological polar surface area (TPSA) is 87.7 Å². The van der Waals surface area contributed by atoms with E-state index in [2.05, 4.69) is 6.07 Å². The van der Waals surface area contributed by atoms with E-state index in [0.29, 0.717) is 11.1 Å². The zero-order chi connectivity index (χ0) is 15.9. The maximum atomic E-state index is 11.1. The number of carboxylic acids is 1. The van der Waals surface area contributed by atoms with Crippen LogP contribution in [0.4, 0.5) is 0 Å². The third-order valence-electron chi connectivity index (χ3n) is 3.53. The molecule has 2 rings (SSSR count). The Morgan fingerprint density at radius 2 is 1.73 bits per heavy atom. The van der Waals surface area contributed by atoms with Gasteiger partial charge in [-0.25, -0.2) is 0 Å². The van der Waals surface area contributed by atoms with Gasteiger partial charge in [0.25, 0.3) is 0 Å². The maximum Gasteiger partial charge on any atom is 0.0991 e. The van der Waals surface area contributed by atoms with Crippen LogP contribution in [0.5, 0.6) is 0 Å². The van der Waals surface area contributed by atoms with Crippen LogP contribution in [0.1, 0.15) is 34.9 Å². The number of hydrogen-bond acceptors (Lipinski definition) is 4. The first-order valence-corrected chi connectivity index (χ1v) is 6.80. The van der Waals surface area contributed by atoms with E-state index < -0.39 is 17.8 Å². The molecule has 0 radical (unpaired) electrons. The molecule has 0 aliphatic rings. The molecule has 2 aromatic carbocycles. The highest BCUT2D eigenvalue weighted by atomic mass is 16.4. The minimum atomic E-state index is -1.22. The Kier molecular flexibility index (Phi) is 4.90. The van der Waals surface area contributed by atoms with Gasteiger partial charge in [-0.15, -0.1) is 0 Å². The number of nitrogens with zero attached hydrogens (tertiary/aromatic N) is 2. The minimum absolute atomic E-state index is 0.276. The number of carbonyl (C=O) groups is 1. The van der Waals surface area contributed by atoms with Crippen LogP contribution in [-0.4, -0.2) is 5.97 Å². The van der Waals surface area contributed by atoms with Gasteiger partial charge in [-0.1, -0.05) is 42.5 Å². The highest BCUT2D eigenvalue weighted by Crippen LogP contribution is 2.35. The number of rotatable bonds is 5.